The van der Waals surface area contributed by atoms with Gasteiger partial charge in [0.15, 0.2) is 0 Å². The van der Waals surface area contributed by atoms with Crippen molar-refractivity contribution in [2.24, 2.45) is 11.8 Å². The first kappa shape index (κ1) is 15.6. The van der Waals surface area contributed by atoms with Crippen molar-refractivity contribution < 1.29 is 0 Å². The van der Waals surface area contributed by atoms with Crippen LogP contribution in [0.2, 0.25) is 0 Å². The van der Waals surface area contributed by atoms with E-state index in [-0.39, 0.29) is 0 Å². The molecule has 0 saturated carbocycles. The second-order valence-corrected chi connectivity index (χ2v) is 8.34. The lowest BCUT2D eigenvalue weighted by atomic mass is 9.74. The monoisotopic (exact) mass is 339 g/mol. The zero-order valence-electron chi connectivity index (χ0n) is 15.2. The summed E-state index contributed by atoms with van der Waals surface area (Å²) in [6, 6.07) is 3.77. The van der Waals surface area contributed by atoms with Crippen LogP contribution in [0, 0.1) is 11.8 Å². The molecule has 3 fully saturated rings. The number of piperidine rings is 3. The molecule has 3 aliphatic heterocycles. The molecule has 5 nitrogen and oxygen atoms in total. The largest absolute Gasteiger partial charge is 0.355 e. The van der Waals surface area contributed by atoms with Gasteiger partial charge in [-0.2, -0.15) is 0 Å². The van der Waals surface area contributed by atoms with Crippen molar-refractivity contribution in [3.05, 3.63) is 18.6 Å². The first-order valence-electron chi connectivity index (χ1n) is 10.1. The van der Waals surface area contributed by atoms with Gasteiger partial charge in [0.1, 0.15) is 17.8 Å². The summed E-state index contributed by atoms with van der Waals surface area (Å²) in [5, 5.41) is 1.17. The molecule has 3 saturated heterocycles. The molecule has 0 unspecified atom stereocenters. The quantitative estimate of drug-likeness (QED) is 0.931. The molecule has 2 aromatic rings. The summed E-state index contributed by atoms with van der Waals surface area (Å²) in [6.07, 6.45) is 12.0. The van der Waals surface area contributed by atoms with Gasteiger partial charge in [-0.15, -0.1) is 0 Å². The molecular formula is C20H29N5. The van der Waals surface area contributed by atoms with E-state index in [4.69, 9.17) is 0 Å². The Morgan fingerprint density at radius 1 is 1.20 bits per heavy atom. The lowest BCUT2D eigenvalue weighted by molar-refractivity contribution is -0.0215. The van der Waals surface area contributed by atoms with Crippen molar-refractivity contribution >= 4 is 16.9 Å². The average molecular weight is 339 g/mol. The maximum Gasteiger partial charge on any atom is 0.142 e. The fraction of sp³-hybridized carbons (Fsp3) is 0.700. The number of fused-ring (bicyclic) bond motifs is 5. The van der Waals surface area contributed by atoms with E-state index < -0.39 is 0 Å². The highest BCUT2D eigenvalue weighted by Crippen LogP contribution is 2.41. The molecule has 0 aromatic carbocycles. The Kier molecular flexibility index (Phi) is 3.92. The standard InChI is InChI=1S/C20H29N5/c1-2-4-16-5-3-6-18-15-9-14(11-25(16)18)10-24(12-15)20-17-7-8-21-19(17)22-13-23-20/h7-8,13-16,18H,2-6,9-12H2,1H3,(H,21,22,23)/t14-,15+,16-,18-/m0/s1. The molecule has 1 N–H and O–H groups in total. The van der Waals surface area contributed by atoms with Gasteiger partial charge in [-0.25, -0.2) is 9.97 Å². The van der Waals surface area contributed by atoms with Gasteiger partial charge in [-0.05, 0) is 43.6 Å². The molecule has 3 aliphatic rings. The minimum Gasteiger partial charge on any atom is -0.355 e. The number of anilines is 1. The van der Waals surface area contributed by atoms with E-state index in [1.807, 2.05) is 6.20 Å². The maximum atomic E-state index is 4.66. The van der Waals surface area contributed by atoms with Crippen LogP contribution in [-0.4, -0.2) is 51.6 Å². The highest BCUT2D eigenvalue weighted by Gasteiger charge is 2.44. The number of hydrogen-bond acceptors (Lipinski definition) is 4. The predicted octanol–water partition coefficient (Wildman–Crippen LogP) is 3.44. The summed E-state index contributed by atoms with van der Waals surface area (Å²) in [7, 11) is 0. The highest BCUT2D eigenvalue weighted by molar-refractivity contribution is 5.87. The topological polar surface area (TPSA) is 48.1 Å². The van der Waals surface area contributed by atoms with Crippen molar-refractivity contribution in [2.75, 3.05) is 24.5 Å². The molecule has 2 aromatic heterocycles. The van der Waals surface area contributed by atoms with Gasteiger partial charge in [0.2, 0.25) is 0 Å². The van der Waals surface area contributed by atoms with Crippen LogP contribution in [0.25, 0.3) is 11.0 Å². The van der Waals surface area contributed by atoms with Gasteiger partial charge in [-0.1, -0.05) is 19.8 Å². The van der Waals surface area contributed by atoms with Crippen LogP contribution in [-0.2, 0) is 0 Å². The van der Waals surface area contributed by atoms with Crippen molar-refractivity contribution in [3.63, 3.8) is 0 Å². The third-order valence-corrected chi connectivity index (χ3v) is 6.77. The van der Waals surface area contributed by atoms with Crippen LogP contribution in [0.1, 0.15) is 45.4 Å². The summed E-state index contributed by atoms with van der Waals surface area (Å²) < 4.78 is 0. The van der Waals surface area contributed by atoms with Gasteiger partial charge in [0.05, 0.1) is 5.39 Å². The molecule has 134 valence electrons. The highest BCUT2D eigenvalue weighted by atomic mass is 15.3. The fourth-order valence-electron chi connectivity index (χ4n) is 5.84. The maximum absolute atomic E-state index is 4.66. The summed E-state index contributed by atoms with van der Waals surface area (Å²) in [4.78, 5) is 17.7. The number of aromatic amines is 1. The first-order valence-corrected chi connectivity index (χ1v) is 10.1. The second kappa shape index (κ2) is 6.27. The summed E-state index contributed by atoms with van der Waals surface area (Å²) in [6.45, 7) is 5.95. The van der Waals surface area contributed by atoms with Crippen LogP contribution < -0.4 is 4.90 Å². The molecule has 0 aliphatic carbocycles. The van der Waals surface area contributed by atoms with Gasteiger partial charge < -0.3 is 9.88 Å². The third kappa shape index (κ3) is 2.64. The van der Waals surface area contributed by atoms with Gasteiger partial charge in [0, 0.05) is 37.9 Å². The summed E-state index contributed by atoms with van der Waals surface area (Å²) >= 11 is 0. The Hall–Kier alpha value is -1.62. The smallest absolute Gasteiger partial charge is 0.142 e. The number of aromatic nitrogens is 3. The Labute approximate surface area is 149 Å². The van der Waals surface area contributed by atoms with Gasteiger partial charge >= 0.3 is 0 Å². The zero-order valence-corrected chi connectivity index (χ0v) is 15.2. The lowest BCUT2D eigenvalue weighted by Crippen LogP contribution is -2.61. The predicted molar refractivity (Wildman–Crippen MR) is 101 cm³/mol. The first-order chi connectivity index (χ1) is 12.3. The normalized spacial score (nSPS) is 32.8. The number of hydrogen-bond donors (Lipinski definition) is 1. The second-order valence-electron chi connectivity index (χ2n) is 8.34. The minimum absolute atomic E-state index is 0.788. The summed E-state index contributed by atoms with van der Waals surface area (Å²) in [5.41, 5.74) is 0.961. The van der Waals surface area contributed by atoms with Crippen molar-refractivity contribution in [1.29, 1.82) is 0 Å². The van der Waals surface area contributed by atoms with E-state index in [9.17, 15) is 0 Å². The zero-order chi connectivity index (χ0) is 16.8. The lowest BCUT2D eigenvalue weighted by Gasteiger charge is -2.55. The Bertz CT molecular complexity index is 739. The molecule has 4 atom stereocenters. The van der Waals surface area contributed by atoms with E-state index in [2.05, 4.69) is 37.7 Å². The van der Waals surface area contributed by atoms with E-state index in [0.29, 0.717) is 0 Å². The van der Waals surface area contributed by atoms with Crippen LogP contribution in [0.5, 0.6) is 0 Å². The van der Waals surface area contributed by atoms with E-state index >= 15 is 0 Å². The van der Waals surface area contributed by atoms with Gasteiger partial charge in [0.25, 0.3) is 0 Å². The average Bonchev–Trinajstić information content (AvgIpc) is 3.11. The van der Waals surface area contributed by atoms with Crippen LogP contribution in [0.3, 0.4) is 0 Å². The molecule has 5 heteroatoms. The van der Waals surface area contributed by atoms with Crippen molar-refractivity contribution in [2.45, 2.75) is 57.5 Å². The number of nitrogens with zero attached hydrogens (tertiary/aromatic N) is 4. The Morgan fingerprint density at radius 3 is 3.08 bits per heavy atom. The molecule has 0 spiro atoms. The van der Waals surface area contributed by atoms with E-state index in [0.717, 1.165) is 48.5 Å². The van der Waals surface area contributed by atoms with Crippen LogP contribution >= 0.6 is 0 Å². The Balaban J connectivity index is 1.41. The molecule has 2 bridgehead atoms. The number of H-pyrrole nitrogens is 1. The Morgan fingerprint density at radius 2 is 2.16 bits per heavy atom. The molecule has 5 rings (SSSR count). The molecular weight excluding hydrogens is 310 g/mol. The minimum atomic E-state index is 0.788. The van der Waals surface area contributed by atoms with Crippen molar-refractivity contribution in [3.8, 4) is 0 Å². The number of nitrogens with one attached hydrogen (secondary N) is 1. The third-order valence-electron chi connectivity index (χ3n) is 6.77. The SMILES string of the molecule is CCC[C@H]1CCC[C@H]2[C@@H]3C[C@@H](CN(c4ncnc5[nH]ccc45)C3)CN12. The molecule has 0 amide bonds. The molecule has 25 heavy (non-hydrogen) atoms. The number of rotatable bonds is 3. The fourth-order valence-corrected chi connectivity index (χ4v) is 5.84. The summed E-state index contributed by atoms with van der Waals surface area (Å²) in [5.74, 6) is 2.72. The van der Waals surface area contributed by atoms with Crippen molar-refractivity contribution in [1.82, 2.24) is 19.9 Å². The van der Waals surface area contributed by atoms with E-state index in [1.54, 1.807) is 6.33 Å². The van der Waals surface area contributed by atoms with Gasteiger partial charge in [-0.3, -0.25) is 4.90 Å². The van der Waals surface area contributed by atoms with Crippen LogP contribution in [0.15, 0.2) is 18.6 Å². The van der Waals surface area contributed by atoms with Crippen LogP contribution in [0.4, 0.5) is 5.82 Å². The molecule has 0 radical (unpaired) electrons. The van der Waals surface area contributed by atoms with E-state index in [1.165, 1.54) is 50.5 Å². The molecule has 5 heterocycles.